The van der Waals surface area contributed by atoms with Crippen LogP contribution in [0.4, 0.5) is 0 Å². The Morgan fingerprint density at radius 1 is 1.64 bits per heavy atom. The van der Waals surface area contributed by atoms with Gasteiger partial charge in [-0.25, -0.2) is 0 Å². The van der Waals surface area contributed by atoms with Crippen molar-refractivity contribution in [2.75, 3.05) is 0 Å². The molecule has 0 amide bonds. The first-order valence-corrected chi connectivity index (χ1v) is 3.96. The summed E-state index contributed by atoms with van der Waals surface area (Å²) in [5.41, 5.74) is 3.89. The van der Waals surface area contributed by atoms with Crippen molar-refractivity contribution in [2.45, 2.75) is 26.4 Å². The maximum Gasteiger partial charge on any atom is 0.0501 e. The zero-order valence-electron chi connectivity index (χ0n) is 6.88. The average Bonchev–Trinajstić information content (AvgIpc) is 2.39. The predicted molar refractivity (Wildman–Crippen MR) is 45.8 cm³/mol. The molecule has 0 atom stereocenters. The highest BCUT2D eigenvalue weighted by atomic mass is 15.2. The molecule has 0 fully saturated rings. The van der Waals surface area contributed by atoms with Crippen LogP contribution in [-0.2, 0) is 13.1 Å². The molecule has 0 aliphatic heterocycles. The van der Waals surface area contributed by atoms with Crippen LogP contribution in [0.25, 0.3) is 0 Å². The molecule has 0 saturated heterocycles. The Bertz CT molecular complexity index is 184. The summed E-state index contributed by atoms with van der Waals surface area (Å²) in [5.74, 6) is 5.22. The van der Waals surface area contributed by atoms with Gasteiger partial charge < -0.3 is 4.57 Å². The molecule has 0 aromatic carbocycles. The molecule has 0 aliphatic carbocycles. The van der Waals surface area contributed by atoms with Gasteiger partial charge in [-0.15, -0.1) is 0 Å². The van der Waals surface area contributed by atoms with Crippen molar-refractivity contribution >= 4 is 0 Å². The van der Waals surface area contributed by atoms with Gasteiger partial charge in [-0.3, -0.25) is 11.3 Å². The molecule has 3 N–H and O–H groups in total. The molecule has 3 nitrogen and oxygen atoms in total. The van der Waals surface area contributed by atoms with Gasteiger partial charge in [0, 0.05) is 18.4 Å². The maximum atomic E-state index is 5.22. The van der Waals surface area contributed by atoms with Crippen LogP contribution in [0, 0.1) is 0 Å². The highest BCUT2D eigenvalue weighted by Crippen LogP contribution is 2.02. The third-order valence-corrected chi connectivity index (χ3v) is 1.67. The van der Waals surface area contributed by atoms with Crippen molar-refractivity contribution in [2.24, 2.45) is 5.84 Å². The summed E-state index contributed by atoms with van der Waals surface area (Å²) in [6.07, 6.45) is 3.24. The van der Waals surface area contributed by atoms with Gasteiger partial charge in [0.1, 0.15) is 0 Å². The van der Waals surface area contributed by atoms with E-state index < -0.39 is 0 Å². The Balaban J connectivity index is 2.62. The van der Waals surface area contributed by atoms with Gasteiger partial charge in [0.2, 0.25) is 0 Å². The molecule has 62 valence electrons. The van der Waals surface area contributed by atoms with Crippen molar-refractivity contribution < 1.29 is 0 Å². The quantitative estimate of drug-likeness (QED) is 0.497. The second-order valence-corrected chi connectivity index (χ2v) is 2.57. The number of nitrogens with two attached hydrogens (primary N) is 1. The van der Waals surface area contributed by atoms with E-state index in [0.717, 1.165) is 19.5 Å². The van der Waals surface area contributed by atoms with Crippen molar-refractivity contribution in [3.63, 3.8) is 0 Å². The summed E-state index contributed by atoms with van der Waals surface area (Å²) in [7, 11) is 0. The van der Waals surface area contributed by atoms with Gasteiger partial charge in [0.05, 0.1) is 6.54 Å². The fourth-order valence-electron chi connectivity index (χ4n) is 1.17. The van der Waals surface area contributed by atoms with Crippen molar-refractivity contribution in [3.8, 4) is 0 Å². The monoisotopic (exact) mass is 153 g/mol. The Morgan fingerprint density at radius 2 is 2.45 bits per heavy atom. The number of aromatic nitrogens is 1. The fraction of sp³-hybridized carbons (Fsp3) is 0.500. The highest BCUT2D eigenvalue weighted by molar-refractivity contribution is 5.06. The van der Waals surface area contributed by atoms with Crippen molar-refractivity contribution in [1.29, 1.82) is 0 Å². The number of hydrogen-bond donors (Lipinski definition) is 2. The third-order valence-electron chi connectivity index (χ3n) is 1.67. The molecule has 1 heterocycles. The van der Waals surface area contributed by atoms with Gasteiger partial charge in [0.15, 0.2) is 0 Å². The molecule has 0 spiro atoms. The lowest BCUT2D eigenvalue weighted by Gasteiger charge is -2.05. The van der Waals surface area contributed by atoms with E-state index in [-0.39, 0.29) is 0 Å². The zero-order valence-corrected chi connectivity index (χ0v) is 6.88. The molecule has 0 saturated carbocycles. The Morgan fingerprint density at radius 3 is 3.09 bits per heavy atom. The molecule has 0 unspecified atom stereocenters. The minimum Gasteiger partial charge on any atom is -0.350 e. The van der Waals surface area contributed by atoms with Gasteiger partial charge >= 0.3 is 0 Å². The summed E-state index contributed by atoms with van der Waals surface area (Å²) in [5, 5.41) is 0. The van der Waals surface area contributed by atoms with Crippen LogP contribution in [0.5, 0.6) is 0 Å². The highest BCUT2D eigenvalue weighted by Gasteiger charge is 1.96. The maximum absolute atomic E-state index is 5.22. The van der Waals surface area contributed by atoms with Gasteiger partial charge in [0.25, 0.3) is 0 Å². The first kappa shape index (κ1) is 8.30. The molecule has 1 aromatic rings. The van der Waals surface area contributed by atoms with E-state index in [9.17, 15) is 0 Å². The van der Waals surface area contributed by atoms with Crippen molar-refractivity contribution in [3.05, 3.63) is 24.0 Å². The minimum atomic E-state index is 0.743. The minimum absolute atomic E-state index is 0.743. The normalized spacial score (nSPS) is 10.4. The van der Waals surface area contributed by atoms with E-state index in [1.165, 1.54) is 5.69 Å². The first-order chi connectivity index (χ1) is 5.38. The van der Waals surface area contributed by atoms with Crippen LogP contribution >= 0.6 is 0 Å². The second-order valence-electron chi connectivity index (χ2n) is 2.57. The third kappa shape index (κ3) is 2.06. The number of hydrogen-bond acceptors (Lipinski definition) is 2. The number of hydrazine groups is 1. The van der Waals surface area contributed by atoms with E-state index in [1.807, 2.05) is 6.07 Å². The van der Waals surface area contributed by atoms with E-state index in [4.69, 9.17) is 5.84 Å². The predicted octanol–water partition coefficient (Wildman–Crippen LogP) is 0.861. The van der Waals surface area contributed by atoms with Crippen LogP contribution in [0.15, 0.2) is 18.3 Å². The zero-order chi connectivity index (χ0) is 8.10. The van der Waals surface area contributed by atoms with Crippen molar-refractivity contribution in [1.82, 2.24) is 9.99 Å². The summed E-state index contributed by atoms with van der Waals surface area (Å²) in [6, 6.07) is 4.12. The van der Waals surface area contributed by atoms with Gasteiger partial charge in [-0.2, -0.15) is 0 Å². The molecular formula is C8H15N3. The lowest BCUT2D eigenvalue weighted by atomic mass is 10.4. The number of nitrogens with one attached hydrogen (secondary N) is 1. The summed E-state index contributed by atoms with van der Waals surface area (Å²) in [4.78, 5) is 0. The van der Waals surface area contributed by atoms with E-state index >= 15 is 0 Å². The number of nitrogens with zero attached hydrogens (tertiary/aromatic N) is 1. The van der Waals surface area contributed by atoms with Gasteiger partial charge in [-0.1, -0.05) is 6.92 Å². The molecule has 3 heteroatoms. The van der Waals surface area contributed by atoms with Crippen LogP contribution in [0.1, 0.15) is 19.0 Å². The molecule has 0 aliphatic rings. The topological polar surface area (TPSA) is 43.0 Å². The lowest BCUT2D eigenvalue weighted by molar-refractivity contribution is 0.614. The van der Waals surface area contributed by atoms with Crippen LogP contribution in [0.3, 0.4) is 0 Å². The van der Waals surface area contributed by atoms with E-state index in [2.05, 4.69) is 29.2 Å². The standard InChI is InChI=1S/C8H15N3/c1-2-5-11-6-3-4-8(11)7-10-9/h3-4,6,10H,2,5,7,9H2,1H3. The SMILES string of the molecule is CCCn1cccc1CNN. The fourth-order valence-corrected chi connectivity index (χ4v) is 1.17. The Kier molecular flexibility index (Phi) is 3.14. The largest absolute Gasteiger partial charge is 0.350 e. The lowest BCUT2D eigenvalue weighted by Crippen LogP contribution is -2.22. The second kappa shape index (κ2) is 4.16. The molecule has 0 bridgehead atoms. The molecule has 0 radical (unpaired) electrons. The Labute approximate surface area is 67.2 Å². The first-order valence-electron chi connectivity index (χ1n) is 3.96. The van der Waals surface area contributed by atoms with Crippen LogP contribution < -0.4 is 11.3 Å². The molecular weight excluding hydrogens is 138 g/mol. The van der Waals surface area contributed by atoms with Crippen LogP contribution in [-0.4, -0.2) is 4.57 Å². The molecule has 11 heavy (non-hydrogen) atoms. The van der Waals surface area contributed by atoms with E-state index in [0.29, 0.717) is 0 Å². The summed E-state index contributed by atoms with van der Waals surface area (Å²) >= 11 is 0. The Hall–Kier alpha value is -0.800. The number of rotatable bonds is 4. The van der Waals surface area contributed by atoms with Crippen LogP contribution in [0.2, 0.25) is 0 Å². The number of aryl methyl sites for hydroxylation is 1. The molecule has 1 rings (SSSR count). The summed E-state index contributed by atoms with van der Waals surface area (Å²) < 4.78 is 2.21. The summed E-state index contributed by atoms with van der Waals surface area (Å²) in [6.45, 7) is 3.98. The average molecular weight is 153 g/mol. The van der Waals surface area contributed by atoms with Gasteiger partial charge in [-0.05, 0) is 18.6 Å². The molecule has 1 aromatic heterocycles. The van der Waals surface area contributed by atoms with E-state index in [1.54, 1.807) is 0 Å². The smallest absolute Gasteiger partial charge is 0.0501 e.